The molecule has 0 radical (unpaired) electrons. The number of thioether (sulfide) groups is 1. The summed E-state index contributed by atoms with van der Waals surface area (Å²) in [6, 6.07) is 15.4. The highest BCUT2D eigenvalue weighted by Crippen LogP contribution is 2.37. The van der Waals surface area contributed by atoms with Crippen molar-refractivity contribution in [3.05, 3.63) is 59.7 Å². The van der Waals surface area contributed by atoms with Gasteiger partial charge >= 0.3 is 0 Å². The van der Waals surface area contributed by atoms with Crippen LogP contribution in [0.2, 0.25) is 0 Å². The lowest BCUT2D eigenvalue weighted by atomic mass is 10.1. The average Bonchev–Trinajstić information content (AvgIpc) is 2.92. The molecule has 20 heavy (non-hydrogen) atoms. The summed E-state index contributed by atoms with van der Waals surface area (Å²) in [6.45, 7) is -0.0749. The summed E-state index contributed by atoms with van der Waals surface area (Å²) in [7, 11) is 0. The molecule has 3 nitrogen and oxygen atoms in total. The van der Waals surface area contributed by atoms with E-state index in [1.54, 1.807) is 11.8 Å². The fourth-order valence-corrected chi connectivity index (χ4v) is 3.52. The van der Waals surface area contributed by atoms with Crippen molar-refractivity contribution >= 4 is 23.4 Å². The quantitative estimate of drug-likeness (QED) is 0.911. The SMILES string of the molecule is O=C(Nc1ccccc1CO)C1Cc2ccccc2S1. The molecule has 0 bridgehead atoms. The van der Waals surface area contributed by atoms with E-state index in [4.69, 9.17) is 0 Å². The first-order valence-corrected chi connectivity index (χ1v) is 7.40. The van der Waals surface area contributed by atoms with Crippen molar-refractivity contribution in [2.24, 2.45) is 0 Å². The van der Waals surface area contributed by atoms with Gasteiger partial charge in [-0.3, -0.25) is 4.79 Å². The van der Waals surface area contributed by atoms with E-state index >= 15 is 0 Å². The molecule has 1 atom stereocenters. The van der Waals surface area contributed by atoms with E-state index < -0.39 is 0 Å². The third kappa shape index (κ3) is 2.57. The molecule has 2 aromatic rings. The Bertz CT molecular complexity index is 617. The summed E-state index contributed by atoms with van der Waals surface area (Å²) in [5.41, 5.74) is 2.66. The monoisotopic (exact) mass is 285 g/mol. The minimum absolute atomic E-state index is 0.00731. The van der Waals surface area contributed by atoms with Gasteiger partial charge in [0.05, 0.1) is 11.9 Å². The molecule has 0 spiro atoms. The predicted molar refractivity (Wildman–Crippen MR) is 80.8 cm³/mol. The Labute approximate surface area is 122 Å². The third-order valence-corrected chi connectivity index (χ3v) is 4.70. The van der Waals surface area contributed by atoms with E-state index in [1.165, 1.54) is 10.5 Å². The van der Waals surface area contributed by atoms with Crippen molar-refractivity contribution in [3.8, 4) is 0 Å². The Morgan fingerprint density at radius 1 is 1.20 bits per heavy atom. The number of amides is 1. The van der Waals surface area contributed by atoms with Gasteiger partial charge in [0.15, 0.2) is 0 Å². The zero-order valence-corrected chi connectivity index (χ0v) is 11.7. The molecule has 0 aromatic heterocycles. The van der Waals surface area contributed by atoms with Crippen molar-refractivity contribution in [1.29, 1.82) is 0 Å². The minimum atomic E-state index is -0.0980. The number of anilines is 1. The predicted octanol–water partition coefficient (Wildman–Crippen LogP) is 2.83. The molecule has 1 amide bonds. The Morgan fingerprint density at radius 3 is 2.75 bits per heavy atom. The number of carbonyl (C=O) groups excluding carboxylic acids is 1. The maximum Gasteiger partial charge on any atom is 0.238 e. The lowest BCUT2D eigenvalue weighted by Gasteiger charge is -2.12. The smallest absolute Gasteiger partial charge is 0.238 e. The lowest BCUT2D eigenvalue weighted by molar-refractivity contribution is -0.115. The number of aliphatic hydroxyl groups is 1. The minimum Gasteiger partial charge on any atom is -0.392 e. The van der Waals surface area contributed by atoms with Crippen LogP contribution in [0, 0.1) is 0 Å². The van der Waals surface area contributed by atoms with Gasteiger partial charge in [-0.1, -0.05) is 36.4 Å². The van der Waals surface area contributed by atoms with E-state index in [2.05, 4.69) is 17.4 Å². The van der Waals surface area contributed by atoms with Crippen LogP contribution in [0.15, 0.2) is 53.4 Å². The molecule has 2 N–H and O–H groups in total. The highest BCUT2D eigenvalue weighted by Gasteiger charge is 2.28. The first-order chi connectivity index (χ1) is 9.78. The van der Waals surface area contributed by atoms with Gasteiger partial charge in [-0.2, -0.15) is 0 Å². The number of nitrogens with one attached hydrogen (secondary N) is 1. The Kier molecular flexibility index (Phi) is 3.76. The van der Waals surface area contributed by atoms with Crippen molar-refractivity contribution < 1.29 is 9.90 Å². The number of hydrogen-bond donors (Lipinski definition) is 2. The summed E-state index contributed by atoms with van der Waals surface area (Å²) in [5.74, 6) is -0.00731. The zero-order valence-electron chi connectivity index (χ0n) is 10.9. The molecule has 1 unspecified atom stereocenters. The van der Waals surface area contributed by atoms with Gasteiger partial charge in [-0.25, -0.2) is 0 Å². The molecule has 1 aliphatic heterocycles. The van der Waals surface area contributed by atoms with E-state index in [0.29, 0.717) is 5.69 Å². The third-order valence-electron chi connectivity index (χ3n) is 3.39. The molecule has 102 valence electrons. The first-order valence-electron chi connectivity index (χ1n) is 6.52. The second-order valence-corrected chi connectivity index (χ2v) is 5.97. The van der Waals surface area contributed by atoms with Crippen LogP contribution in [0.1, 0.15) is 11.1 Å². The molecule has 3 rings (SSSR count). The van der Waals surface area contributed by atoms with E-state index in [0.717, 1.165) is 12.0 Å². The van der Waals surface area contributed by atoms with Crippen molar-refractivity contribution in [2.45, 2.75) is 23.2 Å². The molecular weight excluding hydrogens is 270 g/mol. The average molecular weight is 285 g/mol. The van der Waals surface area contributed by atoms with Crippen molar-refractivity contribution in [2.75, 3.05) is 5.32 Å². The van der Waals surface area contributed by atoms with Crippen LogP contribution in [0.4, 0.5) is 5.69 Å². The van der Waals surface area contributed by atoms with Gasteiger partial charge in [-0.15, -0.1) is 11.8 Å². The largest absolute Gasteiger partial charge is 0.392 e. The Hall–Kier alpha value is -1.78. The van der Waals surface area contributed by atoms with Gasteiger partial charge in [0.1, 0.15) is 0 Å². The molecule has 1 heterocycles. The molecule has 0 aliphatic carbocycles. The number of fused-ring (bicyclic) bond motifs is 1. The van der Waals surface area contributed by atoms with E-state index in [9.17, 15) is 9.90 Å². The number of aliphatic hydroxyl groups excluding tert-OH is 1. The first kappa shape index (κ1) is 13.2. The lowest BCUT2D eigenvalue weighted by Crippen LogP contribution is -2.25. The highest BCUT2D eigenvalue weighted by atomic mass is 32.2. The van der Waals surface area contributed by atoms with Crippen molar-refractivity contribution in [1.82, 2.24) is 0 Å². The number of rotatable bonds is 3. The topological polar surface area (TPSA) is 49.3 Å². The normalized spacial score (nSPS) is 16.8. The van der Waals surface area contributed by atoms with Crippen LogP contribution in [0.3, 0.4) is 0 Å². The summed E-state index contributed by atoms with van der Waals surface area (Å²) in [5, 5.41) is 12.1. The van der Waals surface area contributed by atoms with Crippen LogP contribution in [0.25, 0.3) is 0 Å². The molecule has 2 aromatic carbocycles. The van der Waals surface area contributed by atoms with Crippen LogP contribution in [0.5, 0.6) is 0 Å². The summed E-state index contributed by atoms with van der Waals surface area (Å²) in [6.07, 6.45) is 0.758. The fraction of sp³-hybridized carbons (Fsp3) is 0.188. The van der Waals surface area contributed by atoms with Gasteiger partial charge in [0.2, 0.25) is 5.91 Å². The van der Waals surface area contributed by atoms with Crippen LogP contribution in [-0.2, 0) is 17.8 Å². The number of para-hydroxylation sites is 1. The number of hydrogen-bond acceptors (Lipinski definition) is 3. The van der Waals surface area contributed by atoms with Gasteiger partial charge < -0.3 is 10.4 Å². The fourth-order valence-electron chi connectivity index (χ4n) is 2.32. The van der Waals surface area contributed by atoms with Gasteiger partial charge in [0, 0.05) is 16.1 Å². The zero-order chi connectivity index (χ0) is 13.9. The van der Waals surface area contributed by atoms with Crippen LogP contribution >= 0.6 is 11.8 Å². The molecule has 0 saturated carbocycles. The molecular formula is C16H15NO2S. The molecule has 0 fully saturated rings. The highest BCUT2D eigenvalue weighted by molar-refractivity contribution is 8.01. The van der Waals surface area contributed by atoms with Crippen molar-refractivity contribution in [3.63, 3.8) is 0 Å². The van der Waals surface area contributed by atoms with Gasteiger partial charge in [0.25, 0.3) is 0 Å². The summed E-state index contributed by atoms with van der Waals surface area (Å²) >= 11 is 1.60. The number of carbonyl (C=O) groups is 1. The maximum absolute atomic E-state index is 12.3. The summed E-state index contributed by atoms with van der Waals surface area (Å²) in [4.78, 5) is 13.5. The molecule has 1 aliphatic rings. The maximum atomic E-state index is 12.3. The van der Waals surface area contributed by atoms with E-state index in [-0.39, 0.29) is 17.8 Å². The molecule has 0 saturated heterocycles. The van der Waals surface area contributed by atoms with E-state index in [1.807, 2.05) is 36.4 Å². The molecule has 4 heteroatoms. The number of benzene rings is 2. The second-order valence-electron chi connectivity index (χ2n) is 4.72. The summed E-state index contributed by atoms with van der Waals surface area (Å²) < 4.78 is 0. The van der Waals surface area contributed by atoms with Gasteiger partial charge in [-0.05, 0) is 24.1 Å². The standard InChI is InChI=1S/C16H15NO2S/c18-10-12-6-1-3-7-13(12)17-16(19)15-9-11-5-2-4-8-14(11)20-15/h1-8,15,18H,9-10H2,(H,17,19). The van der Waals surface area contributed by atoms with Crippen LogP contribution in [-0.4, -0.2) is 16.3 Å². The Balaban J connectivity index is 1.72. The van der Waals surface area contributed by atoms with Crippen LogP contribution < -0.4 is 5.32 Å². The Morgan fingerprint density at radius 2 is 1.95 bits per heavy atom. The second kappa shape index (κ2) is 5.69.